The van der Waals surface area contributed by atoms with E-state index in [1.165, 1.54) is 6.92 Å². The molecule has 7 heteroatoms. The van der Waals surface area contributed by atoms with Crippen LogP contribution >= 0.6 is 0 Å². The summed E-state index contributed by atoms with van der Waals surface area (Å²) in [4.78, 5) is 35.0. The summed E-state index contributed by atoms with van der Waals surface area (Å²) in [5.41, 5.74) is 6.06. The summed E-state index contributed by atoms with van der Waals surface area (Å²) in [6.07, 6.45) is -1.64. The van der Waals surface area contributed by atoms with Gasteiger partial charge in [-0.1, -0.05) is 44.2 Å². The molecule has 132 valence electrons. The number of ether oxygens (including phenoxy) is 2. The Kier molecular flexibility index (Phi) is 7.74. The van der Waals surface area contributed by atoms with Crippen LogP contribution in [0.25, 0.3) is 0 Å². The van der Waals surface area contributed by atoms with Gasteiger partial charge in [-0.15, -0.1) is 0 Å². The molecule has 2 atom stereocenters. The van der Waals surface area contributed by atoms with Crippen LogP contribution in [0.4, 0.5) is 4.79 Å². The van der Waals surface area contributed by atoms with Crippen LogP contribution in [0, 0.1) is 5.92 Å². The number of hydrogen-bond acceptors (Lipinski definition) is 5. The van der Waals surface area contributed by atoms with Gasteiger partial charge in [0, 0.05) is 0 Å². The van der Waals surface area contributed by atoms with E-state index in [-0.39, 0.29) is 12.5 Å². The molecule has 1 rings (SSSR count). The van der Waals surface area contributed by atoms with Crippen LogP contribution in [-0.4, -0.2) is 30.1 Å². The van der Waals surface area contributed by atoms with Gasteiger partial charge in [0.05, 0.1) is 0 Å². The van der Waals surface area contributed by atoms with Crippen molar-refractivity contribution in [3.63, 3.8) is 0 Å². The first kappa shape index (κ1) is 19.5. The SMILES string of the molecule is CC(C)CC(NC(=O)C(C)OC(=O)OCc1ccccc1)C(N)=O. The minimum absolute atomic E-state index is 0.0469. The maximum absolute atomic E-state index is 12.0. The second-order valence-corrected chi connectivity index (χ2v) is 5.88. The summed E-state index contributed by atoms with van der Waals surface area (Å²) in [7, 11) is 0. The molecule has 24 heavy (non-hydrogen) atoms. The van der Waals surface area contributed by atoms with Gasteiger partial charge in [0.2, 0.25) is 5.91 Å². The molecule has 0 fully saturated rings. The molecule has 0 radical (unpaired) electrons. The maximum atomic E-state index is 12.0. The Morgan fingerprint density at radius 2 is 1.75 bits per heavy atom. The van der Waals surface area contributed by atoms with Crippen molar-refractivity contribution in [2.24, 2.45) is 11.7 Å². The van der Waals surface area contributed by atoms with Gasteiger partial charge in [-0.2, -0.15) is 0 Å². The Labute approximate surface area is 141 Å². The van der Waals surface area contributed by atoms with E-state index in [2.05, 4.69) is 5.32 Å². The number of nitrogens with one attached hydrogen (secondary N) is 1. The molecule has 2 unspecified atom stereocenters. The lowest BCUT2D eigenvalue weighted by atomic mass is 10.0. The van der Waals surface area contributed by atoms with Gasteiger partial charge < -0.3 is 20.5 Å². The van der Waals surface area contributed by atoms with Crippen molar-refractivity contribution >= 4 is 18.0 Å². The van der Waals surface area contributed by atoms with Crippen molar-refractivity contribution in [3.05, 3.63) is 35.9 Å². The zero-order chi connectivity index (χ0) is 18.1. The van der Waals surface area contributed by atoms with Gasteiger partial charge in [-0.3, -0.25) is 9.59 Å². The molecule has 2 amide bonds. The van der Waals surface area contributed by atoms with Crippen LogP contribution in [0.2, 0.25) is 0 Å². The standard InChI is InChI=1S/C17H24N2O5/c1-11(2)9-14(15(18)20)19-16(21)12(3)24-17(22)23-10-13-7-5-4-6-8-13/h4-8,11-12,14H,9-10H2,1-3H3,(H2,18,20)(H,19,21). The highest BCUT2D eigenvalue weighted by atomic mass is 16.7. The monoisotopic (exact) mass is 336 g/mol. The number of rotatable bonds is 8. The number of carbonyl (C=O) groups excluding carboxylic acids is 3. The Bertz CT molecular complexity index is 559. The van der Waals surface area contributed by atoms with Crippen molar-refractivity contribution in [3.8, 4) is 0 Å². The van der Waals surface area contributed by atoms with Crippen LogP contribution in [0.1, 0.15) is 32.8 Å². The lowest BCUT2D eigenvalue weighted by Gasteiger charge is -2.20. The molecule has 0 aliphatic rings. The number of carbonyl (C=O) groups is 3. The summed E-state index contributed by atoms with van der Waals surface area (Å²) < 4.78 is 9.83. The second kappa shape index (κ2) is 9.54. The lowest BCUT2D eigenvalue weighted by molar-refractivity contribution is -0.134. The first-order valence-electron chi connectivity index (χ1n) is 7.76. The molecule has 7 nitrogen and oxygen atoms in total. The number of nitrogens with two attached hydrogens (primary N) is 1. The average Bonchev–Trinajstić information content (AvgIpc) is 2.52. The summed E-state index contributed by atoms with van der Waals surface area (Å²) in [6, 6.07) is 8.28. The van der Waals surface area contributed by atoms with E-state index in [0.717, 1.165) is 5.56 Å². The van der Waals surface area contributed by atoms with E-state index in [0.29, 0.717) is 6.42 Å². The maximum Gasteiger partial charge on any atom is 0.509 e. The second-order valence-electron chi connectivity index (χ2n) is 5.88. The molecule has 0 saturated carbocycles. The van der Waals surface area contributed by atoms with Crippen molar-refractivity contribution in [1.82, 2.24) is 5.32 Å². The molecule has 1 aromatic rings. The highest BCUT2D eigenvalue weighted by molar-refractivity contribution is 5.89. The van der Waals surface area contributed by atoms with E-state index in [1.54, 1.807) is 12.1 Å². The fourth-order valence-electron chi connectivity index (χ4n) is 1.96. The predicted molar refractivity (Wildman–Crippen MR) is 87.8 cm³/mol. The summed E-state index contributed by atoms with van der Waals surface area (Å²) in [5, 5.41) is 2.48. The predicted octanol–water partition coefficient (Wildman–Crippen LogP) is 1.74. The lowest BCUT2D eigenvalue weighted by Crippen LogP contribution is -2.48. The van der Waals surface area contributed by atoms with E-state index in [4.69, 9.17) is 15.2 Å². The third kappa shape index (κ3) is 7.13. The van der Waals surface area contributed by atoms with Crippen molar-refractivity contribution in [2.45, 2.75) is 45.9 Å². The number of primary amides is 1. The molecule has 0 heterocycles. The molecule has 0 spiro atoms. The third-order valence-corrected chi connectivity index (χ3v) is 3.21. The van der Waals surface area contributed by atoms with Gasteiger partial charge in [0.15, 0.2) is 6.10 Å². The molecule has 0 saturated heterocycles. The van der Waals surface area contributed by atoms with Crippen LogP contribution in [0.15, 0.2) is 30.3 Å². The highest BCUT2D eigenvalue weighted by Gasteiger charge is 2.25. The Morgan fingerprint density at radius 3 is 2.29 bits per heavy atom. The first-order chi connectivity index (χ1) is 11.3. The van der Waals surface area contributed by atoms with Crippen molar-refractivity contribution < 1.29 is 23.9 Å². The van der Waals surface area contributed by atoms with Gasteiger partial charge in [0.1, 0.15) is 12.6 Å². The fourth-order valence-corrected chi connectivity index (χ4v) is 1.96. The third-order valence-electron chi connectivity index (χ3n) is 3.21. The smallest absolute Gasteiger partial charge is 0.429 e. The van der Waals surface area contributed by atoms with E-state index < -0.39 is 30.1 Å². The molecule has 0 aliphatic heterocycles. The fraction of sp³-hybridized carbons (Fsp3) is 0.471. The van der Waals surface area contributed by atoms with Crippen molar-refractivity contribution in [2.75, 3.05) is 0 Å². The largest absolute Gasteiger partial charge is 0.509 e. The Hall–Kier alpha value is -2.57. The first-order valence-corrected chi connectivity index (χ1v) is 7.76. The zero-order valence-corrected chi connectivity index (χ0v) is 14.2. The van der Waals surface area contributed by atoms with Crippen LogP contribution < -0.4 is 11.1 Å². The topological polar surface area (TPSA) is 108 Å². The number of amides is 2. The molecular weight excluding hydrogens is 312 g/mol. The van der Waals surface area contributed by atoms with E-state index >= 15 is 0 Å². The number of hydrogen-bond donors (Lipinski definition) is 2. The molecular formula is C17H24N2O5. The van der Waals surface area contributed by atoms with Gasteiger partial charge in [-0.05, 0) is 24.8 Å². The van der Waals surface area contributed by atoms with Crippen molar-refractivity contribution in [1.29, 1.82) is 0 Å². The zero-order valence-electron chi connectivity index (χ0n) is 14.2. The highest BCUT2D eigenvalue weighted by Crippen LogP contribution is 2.06. The van der Waals surface area contributed by atoms with E-state index in [1.807, 2.05) is 32.0 Å². The molecule has 0 aliphatic carbocycles. The summed E-state index contributed by atoms with van der Waals surface area (Å²) >= 11 is 0. The molecule has 3 N–H and O–H groups in total. The van der Waals surface area contributed by atoms with E-state index in [9.17, 15) is 14.4 Å². The Balaban J connectivity index is 2.44. The summed E-state index contributed by atoms with van der Waals surface area (Å²) in [5.74, 6) is -1.05. The average molecular weight is 336 g/mol. The summed E-state index contributed by atoms with van der Waals surface area (Å²) in [6.45, 7) is 5.25. The molecule has 0 aromatic heterocycles. The minimum atomic E-state index is -1.10. The molecule has 1 aromatic carbocycles. The van der Waals surface area contributed by atoms with Crippen LogP contribution in [0.5, 0.6) is 0 Å². The van der Waals surface area contributed by atoms with Crippen LogP contribution in [-0.2, 0) is 25.7 Å². The van der Waals surface area contributed by atoms with Gasteiger partial charge in [-0.25, -0.2) is 4.79 Å². The normalized spacial score (nSPS) is 13.0. The van der Waals surface area contributed by atoms with Gasteiger partial charge >= 0.3 is 6.16 Å². The Morgan fingerprint density at radius 1 is 1.12 bits per heavy atom. The minimum Gasteiger partial charge on any atom is -0.429 e. The van der Waals surface area contributed by atoms with Crippen LogP contribution in [0.3, 0.4) is 0 Å². The van der Waals surface area contributed by atoms with Gasteiger partial charge in [0.25, 0.3) is 5.91 Å². The quantitative estimate of drug-likeness (QED) is 0.703. The number of benzene rings is 1. The molecule has 0 bridgehead atoms.